The molecule has 2 aliphatic rings. The molecule has 3 aromatic rings. The second-order valence-corrected chi connectivity index (χ2v) is 9.91. The lowest BCUT2D eigenvalue weighted by Gasteiger charge is -2.20. The molecule has 2 aromatic heterocycles. The van der Waals surface area contributed by atoms with Gasteiger partial charge in [0, 0.05) is 37.4 Å². The van der Waals surface area contributed by atoms with Crippen molar-refractivity contribution in [2.24, 2.45) is 18.9 Å². The van der Waals surface area contributed by atoms with Crippen LogP contribution in [-0.4, -0.2) is 38.6 Å². The first kappa shape index (κ1) is 19.0. The molecule has 1 saturated carbocycles. The molecule has 3 heterocycles. The highest BCUT2D eigenvalue weighted by atomic mass is 32.2. The molecular formula is C20H27BN4S2. The summed E-state index contributed by atoms with van der Waals surface area (Å²) >= 11 is 3.63. The van der Waals surface area contributed by atoms with Crippen LogP contribution in [0.3, 0.4) is 0 Å². The zero-order valence-corrected chi connectivity index (χ0v) is 16.8. The summed E-state index contributed by atoms with van der Waals surface area (Å²) in [6, 6.07) is 6.68. The minimum absolute atomic E-state index is 0. The minimum atomic E-state index is 0. The average molecular weight is 398 g/mol. The van der Waals surface area contributed by atoms with Crippen LogP contribution in [0.25, 0.3) is 10.2 Å². The van der Waals surface area contributed by atoms with E-state index < -0.39 is 0 Å². The summed E-state index contributed by atoms with van der Waals surface area (Å²) in [6.07, 6.45) is 6.69. The fourth-order valence-corrected chi connectivity index (χ4v) is 6.64. The van der Waals surface area contributed by atoms with E-state index in [4.69, 9.17) is 0 Å². The highest BCUT2D eigenvalue weighted by Crippen LogP contribution is 2.48. The molecule has 142 valence electrons. The second-order valence-electron chi connectivity index (χ2n) is 7.86. The van der Waals surface area contributed by atoms with E-state index in [-0.39, 0.29) is 7.43 Å². The highest BCUT2D eigenvalue weighted by Gasteiger charge is 2.44. The number of aryl methyl sites for hydroxylation is 1. The average Bonchev–Trinajstić information content (AvgIpc) is 3.36. The maximum Gasteiger partial charge on any atom is 0.222 e. The van der Waals surface area contributed by atoms with Crippen molar-refractivity contribution in [3.8, 4) is 0 Å². The number of rotatable bonds is 4. The zero-order valence-electron chi connectivity index (χ0n) is 15.2. The van der Waals surface area contributed by atoms with Gasteiger partial charge in [0.2, 0.25) is 6.71 Å². The van der Waals surface area contributed by atoms with Crippen molar-refractivity contribution in [1.82, 2.24) is 18.8 Å². The first-order valence-corrected chi connectivity index (χ1v) is 11.1. The van der Waals surface area contributed by atoms with Crippen LogP contribution in [0.15, 0.2) is 41.0 Å². The highest BCUT2D eigenvalue weighted by molar-refractivity contribution is 7.97. The largest absolute Gasteiger partial charge is 0.346 e. The van der Waals surface area contributed by atoms with Gasteiger partial charge >= 0.3 is 0 Å². The van der Waals surface area contributed by atoms with E-state index in [1.165, 1.54) is 41.3 Å². The molecule has 2 fully saturated rings. The van der Waals surface area contributed by atoms with Gasteiger partial charge in [0.25, 0.3) is 0 Å². The quantitative estimate of drug-likeness (QED) is 0.481. The SMILES string of the molecule is C.CB(c1nccn1C)C1CC2CN(Sc3ccc4scnc4c3)C[C@H]2C1. The van der Waals surface area contributed by atoms with Gasteiger partial charge in [-0.3, -0.25) is 4.98 Å². The third-order valence-corrected chi connectivity index (χ3v) is 8.09. The number of nitrogens with zero attached hydrogens (tertiary/aromatic N) is 4. The van der Waals surface area contributed by atoms with Gasteiger partial charge in [0.05, 0.1) is 21.5 Å². The third kappa shape index (κ3) is 3.57. The van der Waals surface area contributed by atoms with Crippen molar-refractivity contribution < 1.29 is 0 Å². The third-order valence-electron chi connectivity index (χ3n) is 6.26. The summed E-state index contributed by atoms with van der Waals surface area (Å²) in [5.74, 6) is 2.47. The number of hydrogen-bond acceptors (Lipinski definition) is 5. The Morgan fingerprint density at radius 1 is 1.19 bits per heavy atom. The summed E-state index contributed by atoms with van der Waals surface area (Å²) in [6.45, 7) is 5.36. The fourth-order valence-electron chi connectivity index (χ4n) is 4.86. The first-order valence-electron chi connectivity index (χ1n) is 9.41. The van der Waals surface area contributed by atoms with Crippen LogP contribution >= 0.6 is 23.3 Å². The molecule has 1 aliphatic carbocycles. The van der Waals surface area contributed by atoms with Crippen molar-refractivity contribution in [2.45, 2.75) is 37.8 Å². The predicted molar refractivity (Wildman–Crippen MR) is 118 cm³/mol. The number of thiazole rings is 1. The van der Waals surface area contributed by atoms with Crippen molar-refractivity contribution in [3.05, 3.63) is 36.1 Å². The van der Waals surface area contributed by atoms with Gasteiger partial charge in [-0.25, -0.2) is 9.29 Å². The Kier molecular flexibility index (Phi) is 5.36. The van der Waals surface area contributed by atoms with Crippen molar-refractivity contribution in [2.75, 3.05) is 13.1 Å². The van der Waals surface area contributed by atoms with Crippen LogP contribution in [0.4, 0.5) is 0 Å². The summed E-state index contributed by atoms with van der Waals surface area (Å²) in [5.41, 5.74) is 4.31. The normalized spacial score (nSPS) is 24.9. The van der Waals surface area contributed by atoms with Crippen molar-refractivity contribution in [1.29, 1.82) is 0 Å². The van der Waals surface area contributed by atoms with Gasteiger partial charge in [-0.15, -0.1) is 11.3 Å². The molecule has 7 heteroatoms. The zero-order chi connectivity index (χ0) is 17.7. The summed E-state index contributed by atoms with van der Waals surface area (Å²) in [5, 5.41) is 0. The summed E-state index contributed by atoms with van der Waals surface area (Å²) in [7, 11) is 2.12. The van der Waals surface area contributed by atoms with Crippen LogP contribution in [0.1, 0.15) is 20.3 Å². The van der Waals surface area contributed by atoms with Gasteiger partial charge in [-0.1, -0.05) is 32.9 Å². The monoisotopic (exact) mass is 398 g/mol. The molecule has 0 radical (unpaired) electrons. The Morgan fingerprint density at radius 3 is 2.67 bits per heavy atom. The Morgan fingerprint density at radius 2 is 1.96 bits per heavy atom. The molecule has 2 unspecified atom stereocenters. The van der Waals surface area contributed by atoms with Crippen LogP contribution < -0.4 is 5.72 Å². The molecule has 0 spiro atoms. The molecule has 27 heavy (non-hydrogen) atoms. The Bertz CT molecular complexity index is 909. The molecule has 1 saturated heterocycles. The number of fused-ring (bicyclic) bond motifs is 2. The molecule has 1 aromatic carbocycles. The number of hydrogen-bond donors (Lipinski definition) is 0. The van der Waals surface area contributed by atoms with E-state index in [1.54, 1.807) is 11.3 Å². The topological polar surface area (TPSA) is 34.0 Å². The number of imidazole rings is 1. The lowest BCUT2D eigenvalue weighted by molar-refractivity contribution is 0.494. The van der Waals surface area contributed by atoms with Gasteiger partial charge in [0.15, 0.2) is 0 Å². The summed E-state index contributed by atoms with van der Waals surface area (Å²) < 4.78 is 6.04. The standard InChI is InChI=1S/C19H23BN4S2.CH4/c1-20(19-21-5-6-23(19)2)15-7-13-10-24(11-14(13)8-15)26-16-3-4-18-17(9-16)22-12-25-18;/h3-6,9,12-15H,7-8,10-11H2,1-2H3;1H4/t13-,14?,15?;/m1./s1. The minimum Gasteiger partial charge on any atom is -0.346 e. The van der Waals surface area contributed by atoms with Crippen LogP contribution in [-0.2, 0) is 7.05 Å². The predicted octanol–water partition coefficient (Wildman–Crippen LogP) is 4.42. The van der Waals surface area contributed by atoms with E-state index in [9.17, 15) is 0 Å². The Balaban J connectivity index is 0.00000180. The van der Waals surface area contributed by atoms with Crippen LogP contribution in [0.5, 0.6) is 0 Å². The molecule has 3 atom stereocenters. The maximum atomic E-state index is 4.59. The Hall–Kier alpha value is -1.31. The van der Waals surface area contributed by atoms with Crippen molar-refractivity contribution >= 4 is 45.9 Å². The smallest absolute Gasteiger partial charge is 0.222 e. The molecule has 0 bridgehead atoms. The lowest BCUT2D eigenvalue weighted by Crippen LogP contribution is -2.38. The molecule has 0 amide bonds. The number of aromatic nitrogens is 3. The first-order chi connectivity index (χ1) is 12.7. The molecular weight excluding hydrogens is 371 g/mol. The van der Waals surface area contributed by atoms with Gasteiger partial charge in [-0.2, -0.15) is 0 Å². The maximum absolute atomic E-state index is 4.59. The van der Waals surface area contributed by atoms with E-state index in [1.807, 2.05) is 23.7 Å². The van der Waals surface area contributed by atoms with Crippen LogP contribution in [0.2, 0.25) is 12.6 Å². The van der Waals surface area contributed by atoms with E-state index in [0.717, 1.165) is 23.2 Å². The second kappa shape index (κ2) is 7.61. The molecule has 0 N–H and O–H groups in total. The fraction of sp³-hybridized carbons (Fsp3) is 0.500. The molecule has 5 rings (SSSR count). The van der Waals surface area contributed by atoms with Gasteiger partial charge in [-0.05, 0) is 42.0 Å². The van der Waals surface area contributed by atoms with E-state index in [0.29, 0.717) is 6.71 Å². The van der Waals surface area contributed by atoms with Gasteiger partial charge < -0.3 is 4.57 Å². The molecule has 4 nitrogen and oxygen atoms in total. The number of benzene rings is 1. The molecule has 1 aliphatic heterocycles. The Labute approximate surface area is 170 Å². The van der Waals surface area contributed by atoms with Crippen molar-refractivity contribution in [3.63, 3.8) is 0 Å². The van der Waals surface area contributed by atoms with Gasteiger partial charge in [0.1, 0.15) is 0 Å². The van der Waals surface area contributed by atoms with E-state index in [2.05, 4.69) is 57.1 Å². The van der Waals surface area contributed by atoms with Crippen LogP contribution in [0, 0.1) is 11.8 Å². The summed E-state index contributed by atoms with van der Waals surface area (Å²) in [4.78, 5) is 10.4. The lowest BCUT2D eigenvalue weighted by atomic mass is 9.41. The van der Waals surface area contributed by atoms with E-state index >= 15 is 0 Å².